The van der Waals surface area contributed by atoms with Crippen molar-refractivity contribution in [3.63, 3.8) is 0 Å². The lowest BCUT2D eigenvalue weighted by Crippen LogP contribution is -2.26. The summed E-state index contributed by atoms with van der Waals surface area (Å²) in [6.07, 6.45) is 2.22. The molecule has 1 aromatic carbocycles. The molecule has 0 unspecified atom stereocenters. The fourth-order valence-electron chi connectivity index (χ4n) is 2.14. The Balaban J connectivity index is 1.58. The van der Waals surface area contributed by atoms with Crippen LogP contribution in [-0.2, 0) is 0 Å². The Hall–Kier alpha value is -1.86. The van der Waals surface area contributed by atoms with Crippen molar-refractivity contribution in [3.05, 3.63) is 41.5 Å². The third-order valence-corrected chi connectivity index (χ3v) is 4.59. The molecule has 0 aliphatic heterocycles. The van der Waals surface area contributed by atoms with Gasteiger partial charge in [-0.15, -0.1) is 11.8 Å². The molecule has 1 atom stereocenters. The minimum atomic E-state index is -0.328. The van der Waals surface area contributed by atoms with Crippen LogP contribution >= 0.6 is 11.8 Å². The van der Waals surface area contributed by atoms with E-state index in [4.69, 9.17) is 9.63 Å². The Bertz CT molecular complexity index is 667. The molecule has 7 heteroatoms. The molecule has 2 N–H and O–H groups in total. The molecule has 6 nitrogen and oxygen atoms in total. The molecule has 0 radical (unpaired) electrons. The zero-order valence-electron chi connectivity index (χ0n) is 12.9. The molecule has 0 saturated heterocycles. The highest BCUT2D eigenvalue weighted by atomic mass is 32.2. The second kappa shape index (κ2) is 7.14. The van der Waals surface area contributed by atoms with Gasteiger partial charge in [0.25, 0.3) is 5.91 Å². The maximum atomic E-state index is 12.3. The minimum Gasteiger partial charge on any atom is -0.396 e. The smallest absolute Gasteiger partial charge is 0.251 e. The van der Waals surface area contributed by atoms with Crippen molar-refractivity contribution >= 4 is 17.7 Å². The van der Waals surface area contributed by atoms with E-state index >= 15 is 0 Å². The van der Waals surface area contributed by atoms with Crippen LogP contribution in [0.25, 0.3) is 0 Å². The molecule has 1 fully saturated rings. The normalized spacial score (nSPS) is 15.4. The maximum absolute atomic E-state index is 12.3. The molecule has 122 valence electrons. The number of carbonyl (C=O) groups excluding carboxylic acids is 1. The first kappa shape index (κ1) is 16.0. The van der Waals surface area contributed by atoms with E-state index in [0.29, 0.717) is 23.1 Å². The number of hydrogen-bond donors (Lipinski definition) is 2. The number of amides is 1. The Morgan fingerprint density at radius 3 is 2.83 bits per heavy atom. The van der Waals surface area contributed by atoms with Gasteiger partial charge in [-0.3, -0.25) is 4.79 Å². The Labute approximate surface area is 138 Å². The van der Waals surface area contributed by atoms with E-state index in [2.05, 4.69) is 15.5 Å². The highest BCUT2D eigenvalue weighted by Gasteiger charge is 2.29. The van der Waals surface area contributed by atoms with Crippen LogP contribution in [0, 0.1) is 0 Å². The SMILES string of the molecule is C[C@H](NC(=O)c1ccc(SCCO)cc1)c1nc(C2CC2)no1. The van der Waals surface area contributed by atoms with Gasteiger partial charge in [-0.2, -0.15) is 4.98 Å². The van der Waals surface area contributed by atoms with Crippen LogP contribution in [0.1, 0.15) is 53.8 Å². The van der Waals surface area contributed by atoms with Crippen molar-refractivity contribution < 1.29 is 14.4 Å². The van der Waals surface area contributed by atoms with Crippen LogP contribution in [0.2, 0.25) is 0 Å². The highest BCUT2D eigenvalue weighted by Crippen LogP contribution is 2.38. The summed E-state index contributed by atoms with van der Waals surface area (Å²) >= 11 is 1.55. The Kier molecular flexibility index (Phi) is 4.97. The zero-order chi connectivity index (χ0) is 16.2. The summed E-state index contributed by atoms with van der Waals surface area (Å²) < 4.78 is 5.23. The summed E-state index contributed by atoms with van der Waals surface area (Å²) in [4.78, 5) is 17.6. The Morgan fingerprint density at radius 1 is 1.43 bits per heavy atom. The first-order valence-electron chi connectivity index (χ1n) is 7.65. The molecule has 1 amide bonds. The molecule has 3 rings (SSSR count). The van der Waals surface area contributed by atoms with Crippen molar-refractivity contribution in [3.8, 4) is 0 Å². The molecular formula is C16H19N3O3S. The minimum absolute atomic E-state index is 0.136. The van der Waals surface area contributed by atoms with Gasteiger partial charge in [-0.05, 0) is 44.0 Å². The number of aliphatic hydroxyl groups is 1. The van der Waals surface area contributed by atoms with Crippen LogP contribution in [0.4, 0.5) is 0 Å². The standard InChI is InChI=1S/C16H19N3O3S/c1-10(16-18-14(19-22-16)11-2-3-11)17-15(21)12-4-6-13(7-5-12)23-9-8-20/h4-7,10-11,20H,2-3,8-9H2,1H3,(H,17,21)/t10-/m0/s1. The van der Waals surface area contributed by atoms with E-state index in [1.807, 2.05) is 19.1 Å². The first-order valence-corrected chi connectivity index (χ1v) is 8.64. The predicted octanol–water partition coefficient (Wildman–Crippen LogP) is 2.52. The van der Waals surface area contributed by atoms with Gasteiger partial charge < -0.3 is 14.9 Å². The average Bonchev–Trinajstić information content (AvgIpc) is 3.30. The number of benzene rings is 1. The van der Waals surface area contributed by atoms with Crippen LogP contribution in [0.15, 0.2) is 33.7 Å². The van der Waals surface area contributed by atoms with Crippen LogP contribution in [-0.4, -0.2) is 33.5 Å². The predicted molar refractivity (Wildman–Crippen MR) is 86.4 cm³/mol. The van der Waals surface area contributed by atoms with Gasteiger partial charge in [0.2, 0.25) is 5.89 Å². The molecule has 0 bridgehead atoms. The first-order chi connectivity index (χ1) is 11.2. The molecular weight excluding hydrogens is 314 g/mol. The Morgan fingerprint density at radius 2 is 2.17 bits per heavy atom. The van der Waals surface area contributed by atoms with Crippen molar-refractivity contribution in [2.75, 3.05) is 12.4 Å². The van der Waals surface area contributed by atoms with Crippen molar-refractivity contribution in [1.29, 1.82) is 0 Å². The van der Waals surface area contributed by atoms with Crippen molar-refractivity contribution in [2.45, 2.75) is 36.6 Å². The fourth-order valence-corrected chi connectivity index (χ4v) is 2.79. The monoisotopic (exact) mass is 333 g/mol. The lowest BCUT2D eigenvalue weighted by Gasteiger charge is -2.10. The number of aliphatic hydroxyl groups excluding tert-OH is 1. The summed E-state index contributed by atoms with van der Waals surface area (Å²) in [6, 6.07) is 6.96. The summed E-state index contributed by atoms with van der Waals surface area (Å²) in [6.45, 7) is 1.96. The molecule has 23 heavy (non-hydrogen) atoms. The van der Waals surface area contributed by atoms with E-state index < -0.39 is 0 Å². The molecule has 1 heterocycles. The van der Waals surface area contributed by atoms with Gasteiger partial charge in [0, 0.05) is 22.1 Å². The lowest BCUT2D eigenvalue weighted by atomic mass is 10.2. The van der Waals surface area contributed by atoms with Crippen LogP contribution in [0.3, 0.4) is 0 Å². The van der Waals surface area contributed by atoms with Gasteiger partial charge in [0.05, 0.1) is 6.61 Å². The van der Waals surface area contributed by atoms with Crippen molar-refractivity contribution in [2.24, 2.45) is 0 Å². The zero-order valence-corrected chi connectivity index (χ0v) is 13.7. The summed E-state index contributed by atoms with van der Waals surface area (Å²) in [5, 5.41) is 15.6. The molecule has 2 aromatic rings. The van der Waals surface area contributed by atoms with Gasteiger partial charge in [0.15, 0.2) is 5.82 Å². The molecule has 1 saturated carbocycles. The van der Waals surface area contributed by atoms with E-state index in [0.717, 1.165) is 23.6 Å². The van der Waals surface area contributed by atoms with Gasteiger partial charge in [-0.1, -0.05) is 5.16 Å². The number of thioether (sulfide) groups is 1. The summed E-state index contributed by atoms with van der Waals surface area (Å²) in [5.74, 6) is 2.08. The van der Waals surface area contributed by atoms with Gasteiger partial charge in [-0.25, -0.2) is 0 Å². The number of hydrogen-bond acceptors (Lipinski definition) is 6. The molecule has 0 spiro atoms. The summed E-state index contributed by atoms with van der Waals surface area (Å²) in [7, 11) is 0. The number of aromatic nitrogens is 2. The van der Waals surface area contributed by atoms with Crippen molar-refractivity contribution in [1.82, 2.24) is 15.5 Å². The van der Waals surface area contributed by atoms with Crippen LogP contribution < -0.4 is 5.32 Å². The van der Waals surface area contributed by atoms with E-state index in [9.17, 15) is 4.79 Å². The topological polar surface area (TPSA) is 88.2 Å². The van der Waals surface area contributed by atoms with Gasteiger partial charge >= 0.3 is 0 Å². The molecule has 1 aromatic heterocycles. The van der Waals surface area contributed by atoms with Gasteiger partial charge in [0.1, 0.15) is 6.04 Å². The average molecular weight is 333 g/mol. The molecule has 1 aliphatic rings. The largest absolute Gasteiger partial charge is 0.396 e. The second-order valence-electron chi connectivity index (χ2n) is 5.56. The number of nitrogens with one attached hydrogen (secondary N) is 1. The number of rotatable bonds is 7. The lowest BCUT2D eigenvalue weighted by molar-refractivity contribution is 0.0932. The third-order valence-electron chi connectivity index (χ3n) is 3.59. The fraction of sp³-hybridized carbons (Fsp3) is 0.438. The van der Waals surface area contributed by atoms with E-state index in [1.165, 1.54) is 0 Å². The second-order valence-corrected chi connectivity index (χ2v) is 6.73. The third kappa shape index (κ3) is 4.11. The molecule has 1 aliphatic carbocycles. The van der Waals surface area contributed by atoms with E-state index in [1.54, 1.807) is 23.9 Å². The van der Waals surface area contributed by atoms with Crippen LogP contribution in [0.5, 0.6) is 0 Å². The number of nitrogens with zero attached hydrogens (tertiary/aromatic N) is 2. The number of carbonyl (C=O) groups is 1. The summed E-state index contributed by atoms with van der Waals surface area (Å²) in [5.41, 5.74) is 0.576. The maximum Gasteiger partial charge on any atom is 0.251 e. The van der Waals surface area contributed by atoms with E-state index in [-0.39, 0.29) is 18.6 Å². The highest BCUT2D eigenvalue weighted by molar-refractivity contribution is 7.99. The quantitative estimate of drug-likeness (QED) is 0.757.